The van der Waals surface area contributed by atoms with E-state index in [1.165, 1.54) is 45.1 Å². The molecule has 2 nitrogen and oxygen atoms in total. The summed E-state index contributed by atoms with van der Waals surface area (Å²) >= 11 is 0. The van der Waals surface area contributed by atoms with Crippen molar-refractivity contribution in [3.63, 3.8) is 0 Å². The van der Waals surface area contributed by atoms with Gasteiger partial charge in [0.2, 0.25) is 0 Å². The van der Waals surface area contributed by atoms with Crippen LogP contribution in [0.5, 0.6) is 0 Å². The number of nitrogens with zero attached hydrogens (tertiary/aromatic N) is 1. The largest absolute Gasteiger partial charge is 0.298 e. The van der Waals surface area contributed by atoms with Crippen LogP contribution in [0.15, 0.2) is 0 Å². The fourth-order valence-electron chi connectivity index (χ4n) is 4.80. The van der Waals surface area contributed by atoms with Gasteiger partial charge in [-0.25, -0.2) is 0 Å². The fourth-order valence-corrected chi connectivity index (χ4v) is 4.80. The summed E-state index contributed by atoms with van der Waals surface area (Å²) in [5.41, 5.74) is 0.556. The van der Waals surface area contributed by atoms with Crippen molar-refractivity contribution in [2.45, 2.75) is 64.8 Å². The van der Waals surface area contributed by atoms with Crippen molar-refractivity contribution in [3.05, 3.63) is 0 Å². The van der Waals surface area contributed by atoms with Crippen LogP contribution >= 0.6 is 0 Å². The zero-order valence-electron chi connectivity index (χ0n) is 12.0. The van der Waals surface area contributed by atoms with Gasteiger partial charge in [-0.2, -0.15) is 0 Å². The van der Waals surface area contributed by atoms with Crippen LogP contribution in [0.4, 0.5) is 0 Å². The molecule has 1 saturated heterocycles. The van der Waals surface area contributed by atoms with Gasteiger partial charge in [0.15, 0.2) is 0 Å². The Bertz CT molecular complexity index is 334. The van der Waals surface area contributed by atoms with Crippen molar-refractivity contribution >= 4 is 5.78 Å². The number of Topliss-reactive ketones (excluding diaryl/α,β-unsaturated/α-hetero) is 1. The Labute approximate surface area is 111 Å². The summed E-state index contributed by atoms with van der Waals surface area (Å²) in [6.07, 6.45) is 9.13. The van der Waals surface area contributed by atoms with Gasteiger partial charge in [-0.1, -0.05) is 39.5 Å². The quantitative estimate of drug-likeness (QED) is 0.762. The predicted octanol–water partition coefficient (Wildman–Crippen LogP) is 3.26. The molecule has 3 fully saturated rings. The van der Waals surface area contributed by atoms with Crippen LogP contribution in [-0.4, -0.2) is 29.8 Å². The Balaban J connectivity index is 1.68. The minimum atomic E-state index is 0.256. The average Bonchev–Trinajstić information content (AvgIpc) is 2.80. The summed E-state index contributed by atoms with van der Waals surface area (Å²) in [5.74, 6) is 2.44. The van der Waals surface area contributed by atoms with Gasteiger partial charge in [-0.15, -0.1) is 0 Å². The first-order valence-corrected chi connectivity index (χ1v) is 7.97. The van der Waals surface area contributed by atoms with Gasteiger partial charge in [0.05, 0.1) is 6.04 Å². The molecule has 0 amide bonds. The van der Waals surface area contributed by atoms with Crippen molar-refractivity contribution in [1.82, 2.24) is 4.90 Å². The Morgan fingerprint density at radius 1 is 1.22 bits per heavy atom. The zero-order chi connectivity index (χ0) is 12.8. The van der Waals surface area contributed by atoms with Crippen LogP contribution in [0.3, 0.4) is 0 Å². The Kier molecular flexibility index (Phi) is 3.25. The first kappa shape index (κ1) is 12.7. The van der Waals surface area contributed by atoms with Gasteiger partial charge in [0.25, 0.3) is 0 Å². The van der Waals surface area contributed by atoms with Crippen molar-refractivity contribution in [2.24, 2.45) is 17.3 Å². The molecule has 2 heteroatoms. The molecule has 3 rings (SSSR count). The van der Waals surface area contributed by atoms with Crippen molar-refractivity contribution in [3.8, 4) is 0 Å². The molecule has 1 unspecified atom stereocenters. The summed E-state index contributed by atoms with van der Waals surface area (Å²) in [7, 11) is 0. The number of carbonyl (C=O) groups excluding carboxylic acids is 1. The molecule has 0 aromatic carbocycles. The molecule has 2 saturated carbocycles. The molecule has 3 atom stereocenters. The third-order valence-electron chi connectivity index (χ3n) is 5.91. The summed E-state index contributed by atoms with van der Waals surface area (Å²) < 4.78 is 0. The van der Waals surface area contributed by atoms with Crippen LogP contribution < -0.4 is 0 Å². The van der Waals surface area contributed by atoms with Crippen LogP contribution in [-0.2, 0) is 4.79 Å². The smallest absolute Gasteiger partial charge is 0.149 e. The van der Waals surface area contributed by atoms with Gasteiger partial charge in [0, 0.05) is 13.0 Å². The molecule has 1 heterocycles. The fraction of sp³-hybridized carbons (Fsp3) is 0.938. The first-order valence-electron chi connectivity index (χ1n) is 7.97. The van der Waals surface area contributed by atoms with E-state index in [-0.39, 0.29) is 6.04 Å². The Morgan fingerprint density at radius 2 is 1.94 bits per heavy atom. The minimum Gasteiger partial charge on any atom is -0.298 e. The number of likely N-dealkylation sites (tertiary alicyclic amines) is 1. The van der Waals surface area contributed by atoms with E-state index in [0.29, 0.717) is 17.6 Å². The lowest BCUT2D eigenvalue weighted by molar-refractivity contribution is -0.123. The molecule has 18 heavy (non-hydrogen) atoms. The lowest BCUT2D eigenvalue weighted by Crippen LogP contribution is -2.35. The van der Waals surface area contributed by atoms with E-state index in [1.54, 1.807) is 0 Å². The normalized spacial score (nSPS) is 40.8. The second kappa shape index (κ2) is 4.63. The lowest BCUT2D eigenvalue weighted by atomic mass is 9.90. The van der Waals surface area contributed by atoms with Crippen LogP contribution in [0.2, 0.25) is 0 Å². The molecule has 3 aliphatic rings. The van der Waals surface area contributed by atoms with E-state index < -0.39 is 0 Å². The zero-order valence-corrected chi connectivity index (χ0v) is 12.0. The predicted molar refractivity (Wildman–Crippen MR) is 73.4 cm³/mol. The molecule has 0 N–H and O–H groups in total. The topological polar surface area (TPSA) is 20.3 Å². The standard InChI is InChI=1S/C16H27NO/c1-3-15(18)14-10-16(11-17(14)4-2)9-13(16)12-7-5-6-8-12/h12-14H,3-11H2,1-2H3/t13?,14-,16+/m0/s1. The maximum atomic E-state index is 12.1. The summed E-state index contributed by atoms with van der Waals surface area (Å²) in [6.45, 7) is 6.49. The SMILES string of the molecule is CCC(=O)[C@@H]1C[C@]2(CC2C2CCCC2)CN1CC. The molecule has 2 aliphatic carbocycles. The number of ketones is 1. The number of carbonyl (C=O) groups is 1. The summed E-state index contributed by atoms with van der Waals surface area (Å²) in [6, 6.07) is 0.256. The number of likely N-dealkylation sites (N-methyl/N-ethyl adjacent to an activating group) is 1. The molecule has 1 aliphatic heterocycles. The van der Waals surface area contributed by atoms with E-state index in [1.807, 2.05) is 6.92 Å². The van der Waals surface area contributed by atoms with Crippen molar-refractivity contribution < 1.29 is 4.79 Å². The van der Waals surface area contributed by atoms with Crippen molar-refractivity contribution in [1.29, 1.82) is 0 Å². The van der Waals surface area contributed by atoms with E-state index in [2.05, 4.69) is 11.8 Å². The highest BCUT2D eigenvalue weighted by Crippen LogP contribution is 2.65. The van der Waals surface area contributed by atoms with Gasteiger partial charge in [0.1, 0.15) is 5.78 Å². The number of hydrogen-bond acceptors (Lipinski definition) is 2. The first-order chi connectivity index (χ1) is 8.70. The third kappa shape index (κ3) is 1.93. The number of rotatable bonds is 4. The second-order valence-electron chi connectivity index (χ2n) is 6.82. The highest BCUT2D eigenvalue weighted by atomic mass is 16.1. The van der Waals surface area contributed by atoms with Crippen molar-refractivity contribution in [2.75, 3.05) is 13.1 Å². The monoisotopic (exact) mass is 249 g/mol. The van der Waals surface area contributed by atoms with Gasteiger partial charge in [-0.05, 0) is 36.6 Å². The molecule has 0 bridgehead atoms. The maximum absolute atomic E-state index is 12.1. The molecule has 102 valence electrons. The average molecular weight is 249 g/mol. The summed E-state index contributed by atoms with van der Waals surface area (Å²) in [4.78, 5) is 14.5. The van der Waals surface area contributed by atoms with E-state index in [9.17, 15) is 4.79 Å². The highest BCUT2D eigenvalue weighted by molar-refractivity contribution is 5.84. The van der Waals surface area contributed by atoms with Crippen LogP contribution in [0.1, 0.15) is 58.8 Å². The Hall–Kier alpha value is -0.370. The second-order valence-corrected chi connectivity index (χ2v) is 6.82. The Morgan fingerprint density at radius 3 is 2.56 bits per heavy atom. The lowest BCUT2D eigenvalue weighted by Gasteiger charge is -2.20. The molecule has 0 radical (unpaired) electrons. The summed E-state index contributed by atoms with van der Waals surface area (Å²) in [5, 5.41) is 0. The van der Waals surface area contributed by atoms with Gasteiger partial charge < -0.3 is 0 Å². The van der Waals surface area contributed by atoms with Gasteiger partial charge >= 0.3 is 0 Å². The molecular weight excluding hydrogens is 222 g/mol. The molecule has 0 aromatic rings. The maximum Gasteiger partial charge on any atom is 0.149 e. The third-order valence-corrected chi connectivity index (χ3v) is 5.91. The van der Waals surface area contributed by atoms with Gasteiger partial charge in [-0.3, -0.25) is 9.69 Å². The molecular formula is C16H27NO. The molecule has 0 aromatic heterocycles. The van der Waals surface area contributed by atoms with E-state index in [4.69, 9.17) is 0 Å². The highest BCUT2D eigenvalue weighted by Gasteiger charge is 2.62. The van der Waals surface area contributed by atoms with E-state index >= 15 is 0 Å². The number of hydrogen-bond donors (Lipinski definition) is 0. The molecule has 1 spiro atoms. The minimum absolute atomic E-state index is 0.256. The van der Waals surface area contributed by atoms with Crippen LogP contribution in [0, 0.1) is 17.3 Å². The van der Waals surface area contributed by atoms with Crippen LogP contribution in [0.25, 0.3) is 0 Å². The van der Waals surface area contributed by atoms with E-state index in [0.717, 1.165) is 18.4 Å².